The normalized spacial score (nSPS) is 20.5. The Kier molecular flexibility index (Phi) is 3.92. The van der Waals surface area contributed by atoms with Crippen molar-refractivity contribution in [2.24, 2.45) is 0 Å². The van der Waals surface area contributed by atoms with Gasteiger partial charge in [0.15, 0.2) is 11.5 Å². The summed E-state index contributed by atoms with van der Waals surface area (Å²) in [7, 11) is 3.18. The molecule has 22 heavy (non-hydrogen) atoms. The number of benzene rings is 1. The Balaban J connectivity index is 1.68. The Morgan fingerprint density at radius 2 is 1.95 bits per heavy atom. The van der Waals surface area contributed by atoms with Gasteiger partial charge < -0.3 is 14.4 Å². The molecule has 0 spiro atoms. The van der Waals surface area contributed by atoms with Gasteiger partial charge in [0.1, 0.15) is 6.04 Å². The highest BCUT2D eigenvalue weighted by Crippen LogP contribution is 2.29. The minimum atomic E-state index is -0.224. The van der Waals surface area contributed by atoms with Crippen LogP contribution in [0.25, 0.3) is 0 Å². The molecule has 0 saturated carbocycles. The molecule has 1 aromatic rings. The fourth-order valence-electron chi connectivity index (χ4n) is 3.16. The third-order valence-electron chi connectivity index (χ3n) is 4.35. The van der Waals surface area contributed by atoms with Gasteiger partial charge in [0, 0.05) is 13.1 Å². The number of fused-ring (bicyclic) bond motifs is 1. The number of imide groups is 1. The van der Waals surface area contributed by atoms with E-state index in [1.165, 1.54) is 4.90 Å². The molecule has 3 amide bonds. The van der Waals surface area contributed by atoms with Crippen LogP contribution >= 0.6 is 0 Å². The number of rotatable bonds is 5. The molecule has 1 atom stereocenters. The number of methoxy groups -OCH3 is 2. The molecule has 2 aliphatic heterocycles. The van der Waals surface area contributed by atoms with Gasteiger partial charge in [-0.05, 0) is 37.0 Å². The van der Waals surface area contributed by atoms with Crippen LogP contribution in [-0.2, 0) is 11.2 Å². The fourth-order valence-corrected chi connectivity index (χ4v) is 3.16. The Labute approximate surface area is 129 Å². The Morgan fingerprint density at radius 3 is 2.64 bits per heavy atom. The Bertz CT molecular complexity index is 580. The van der Waals surface area contributed by atoms with Crippen molar-refractivity contribution in [3.63, 3.8) is 0 Å². The van der Waals surface area contributed by atoms with E-state index in [9.17, 15) is 9.59 Å². The molecule has 0 unspecified atom stereocenters. The smallest absolute Gasteiger partial charge is 0.327 e. The van der Waals surface area contributed by atoms with Crippen LogP contribution < -0.4 is 9.47 Å². The van der Waals surface area contributed by atoms with Gasteiger partial charge in [-0.2, -0.15) is 0 Å². The van der Waals surface area contributed by atoms with E-state index in [1.54, 1.807) is 19.1 Å². The highest BCUT2D eigenvalue weighted by molar-refractivity contribution is 6.04. The van der Waals surface area contributed by atoms with Gasteiger partial charge in [-0.15, -0.1) is 0 Å². The molecule has 2 heterocycles. The van der Waals surface area contributed by atoms with Crippen LogP contribution in [0.1, 0.15) is 18.4 Å². The fraction of sp³-hybridized carbons (Fsp3) is 0.500. The lowest BCUT2D eigenvalue weighted by Gasteiger charge is -2.16. The van der Waals surface area contributed by atoms with Crippen LogP contribution in [0.3, 0.4) is 0 Å². The quantitative estimate of drug-likeness (QED) is 0.777. The molecule has 0 radical (unpaired) electrons. The Morgan fingerprint density at radius 1 is 1.18 bits per heavy atom. The molecule has 2 fully saturated rings. The molecule has 1 aromatic carbocycles. The highest BCUT2D eigenvalue weighted by atomic mass is 16.5. The SMILES string of the molecule is COc1ccc(CCN2C(=O)[C@H]3CCCN3C2=O)cc1OC. The van der Waals surface area contributed by atoms with Crippen molar-refractivity contribution in [1.82, 2.24) is 9.80 Å². The summed E-state index contributed by atoms with van der Waals surface area (Å²) in [5, 5.41) is 0. The van der Waals surface area contributed by atoms with Crippen LogP contribution in [0.4, 0.5) is 4.79 Å². The zero-order chi connectivity index (χ0) is 15.7. The minimum Gasteiger partial charge on any atom is -0.493 e. The maximum atomic E-state index is 12.3. The minimum absolute atomic E-state index is 0.0528. The van der Waals surface area contributed by atoms with Crippen molar-refractivity contribution >= 4 is 11.9 Å². The van der Waals surface area contributed by atoms with Gasteiger partial charge >= 0.3 is 6.03 Å². The Hall–Kier alpha value is -2.24. The van der Waals surface area contributed by atoms with Crippen molar-refractivity contribution < 1.29 is 19.1 Å². The number of amides is 3. The van der Waals surface area contributed by atoms with E-state index < -0.39 is 0 Å². The van der Waals surface area contributed by atoms with Crippen LogP contribution in [0, 0.1) is 0 Å². The largest absolute Gasteiger partial charge is 0.493 e. The number of hydrogen-bond acceptors (Lipinski definition) is 4. The number of hydrogen-bond donors (Lipinski definition) is 0. The zero-order valence-corrected chi connectivity index (χ0v) is 12.9. The van der Waals surface area contributed by atoms with Gasteiger partial charge in [-0.1, -0.05) is 6.07 Å². The van der Waals surface area contributed by atoms with Gasteiger partial charge in [0.2, 0.25) is 0 Å². The van der Waals surface area contributed by atoms with Crippen molar-refractivity contribution in [2.75, 3.05) is 27.3 Å². The zero-order valence-electron chi connectivity index (χ0n) is 12.9. The van der Waals surface area contributed by atoms with E-state index in [-0.39, 0.29) is 18.0 Å². The van der Waals surface area contributed by atoms with Crippen LogP contribution in [0.5, 0.6) is 11.5 Å². The number of ether oxygens (including phenoxy) is 2. The molecule has 6 nitrogen and oxygen atoms in total. The molecule has 3 rings (SSSR count). The van der Waals surface area contributed by atoms with Crippen molar-refractivity contribution in [1.29, 1.82) is 0 Å². The number of carbonyl (C=O) groups excluding carboxylic acids is 2. The lowest BCUT2D eigenvalue weighted by Crippen LogP contribution is -2.34. The molecule has 2 aliphatic rings. The van der Waals surface area contributed by atoms with E-state index in [1.807, 2.05) is 18.2 Å². The molecular weight excluding hydrogens is 284 g/mol. The van der Waals surface area contributed by atoms with E-state index in [0.717, 1.165) is 18.4 Å². The topological polar surface area (TPSA) is 59.1 Å². The maximum absolute atomic E-state index is 12.3. The molecule has 118 valence electrons. The summed E-state index contributed by atoms with van der Waals surface area (Å²) >= 11 is 0. The molecular formula is C16H20N2O4. The summed E-state index contributed by atoms with van der Waals surface area (Å²) in [5.41, 5.74) is 1.00. The van der Waals surface area contributed by atoms with Crippen LogP contribution in [0.15, 0.2) is 18.2 Å². The second-order valence-electron chi connectivity index (χ2n) is 5.56. The second-order valence-corrected chi connectivity index (χ2v) is 5.56. The van der Waals surface area contributed by atoms with Gasteiger partial charge in [0.05, 0.1) is 14.2 Å². The lowest BCUT2D eigenvalue weighted by molar-refractivity contribution is -0.127. The molecule has 0 aromatic heterocycles. The monoisotopic (exact) mass is 304 g/mol. The van der Waals surface area contributed by atoms with E-state index in [2.05, 4.69) is 0 Å². The standard InChI is InChI=1S/C16H20N2O4/c1-21-13-6-5-11(10-14(13)22-2)7-9-18-15(19)12-4-3-8-17(12)16(18)20/h5-6,10,12H,3-4,7-9H2,1-2H3/t12-/m1/s1. The summed E-state index contributed by atoms with van der Waals surface area (Å²) < 4.78 is 10.5. The first-order chi connectivity index (χ1) is 10.7. The van der Waals surface area contributed by atoms with E-state index >= 15 is 0 Å². The summed E-state index contributed by atoms with van der Waals surface area (Å²) in [6.07, 6.45) is 2.32. The number of carbonyl (C=O) groups is 2. The predicted octanol–water partition coefficient (Wildman–Crippen LogP) is 1.67. The number of nitrogens with zero attached hydrogens (tertiary/aromatic N) is 2. The van der Waals surface area contributed by atoms with Gasteiger partial charge in [-0.3, -0.25) is 9.69 Å². The van der Waals surface area contributed by atoms with Gasteiger partial charge in [0.25, 0.3) is 5.91 Å². The van der Waals surface area contributed by atoms with E-state index in [4.69, 9.17) is 9.47 Å². The molecule has 0 aliphatic carbocycles. The van der Waals surface area contributed by atoms with Crippen molar-refractivity contribution in [3.05, 3.63) is 23.8 Å². The third-order valence-corrected chi connectivity index (χ3v) is 4.35. The first-order valence-electron chi connectivity index (χ1n) is 7.48. The first kappa shape index (κ1) is 14.7. The third kappa shape index (κ3) is 2.38. The van der Waals surface area contributed by atoms with Crippen LogP contribution in [0.2, 0.25) is 0 Å². The van der Waals surface area contributed by atoms with Gasteiger partial charge in [-0.25, -0.2) is 4.79 Å². The summed E-state index contributed by atoms with van der Waals surface area (Å²) in [6.45, 7) is 1.10. The van der Waals surface area contributed by atoms with Crippen LogP contribution in [-0.4, -0.2) is 55.1 Å². The summed E-state index contributed by atoms with van der Waals surface area (Å²) in [5.74, 6) is 1.27. The van der Waals surface area contributed by atoms with Crippen molar-refractivity contribution in [2.45, 2.75) is 25.3 Å². The lowest BCUT2D eigenvalue weighted by atomic mass is 10.1. The van der Waals surface area contributed by atoms with Crippen molar-refractivity contribution in [3.8, 4) is 11.5 Å². The number of urea groups is 1. The molecule has 6 heteroatoms. The van der Waals surface area contributed by atoms with E-state index in [0.29, 0.717) is 31.0 Å². The molecule has 0 N–H and O–H groups in total. The molecule has 0 bridgehead atoms. The summed E-state index contributed by atoms with van der Waals surface area (Å²) in [4.78, 5) is 27.6. The second kappa shape index (κ2) is 5.87. The summed E-state index contributed by atoms with van der Waals surface area (Å²) in [6, 6.07) is 5.27. The first-order valence-corrected chi connectivity index (χ1v) is 7.48. The molecule has 2 saturated heterocycles. The predicted molar refractivity (Wildman–Crippen MR) is 80.1 cm³/mol. The highest BCUT2D eigenvalue weighted by Gasteiger charge is 2.46. The average molecular weight is 304 g/mol. The maximum Gasteiger partial charge on any atom is 0.327 e. The average Bonchev–Trinajstić information content (AvgIpc) is 3.10.